The standard InChI is InChI=1S/C47H83O10P/c1-3-5-7-9-11-13-15-17-18-19-20-21-22-23-24-25-27-29-31-33-35-39-47(51)57-43(42-56-58(52,53)54)41-55-46(50)40-36-38-45(49)44(48)37-34-32-30-28-26-16-14-12-10-8-6-4-2/h6,8,12,14,17-18,26,28,32,34,43-45,48-49H,3-5,7,9-11,13,15-16,19-25,27,29-31,33,35-42H2,1-2H3,(H2,52,53,54)/b8-6-,14-12-,18-17-,28-26-,34-32-/t43-,44+,45+/m1/s1. The molecule has 3 atom stereocenters. The summed E-state index contributed by atoms with van der Waals surface area (Å²) in [6.07, 6.45) is 45.5. The Bertz CT molecular complexity index is 1160. The van der Waals surface area contributed by atoms with Gasteiger partial charge in [-0.2, -0.15) is 0 Å². The van der Waals surface area contributed by atoms with E-state index in [0.717, 1.165) is 44.9 Å². The van der Waals surface area contributed by atoms with Gasteiger partial charge in [0.25, 0.3) is 0 Å². The highest BCUT2D eigenvalue weighted by Gasteiger charge is 2.23. The maximum Gasteiger partial charge on any atom is 0.469 e. The third kappa shape index (κ3) is 41.8. The molecule has 0 heterocycles. The molecule has 0 aliphatic heterocycles. The molecule has 0 spiro atoms. The minimum atomic E-state index is -4.83. The Kier molecular flexibility index (Phi) is 39.7. The van der Waals surface area contributed by atoms with Crippen molar-refractivity contribution in [2.45, 2.75) is 212 Å². The average Bonchev–Trinajstić information content (AvgIpc) is 3.19. The summed E-state index contributed by atoms with van der Waals surface area (Å²) in [6.45, 7) is 3.33. The highest BCUT2D eigenvalue weighted by atomic mass is 31.2. The quantitative estimate of drug-likeness (QED) is 0.0202. The van der Waals surface area contributed by atoms with Crippen LogP contribution in [0.5, 0.6) is 0 Å². The van der Waals surface area contributed by atoms with Gasteiger partial charge in [0.15, 0.2) is 6.10 Å². The summed E-state index contributed by atoms with van der Waals surface area (Å²) in [4.78, 5) is 43.0. The van der Waals surface area contributed by atoms with Gasteiger partial charge in [-0.05, 0) is 77.0 Å². The van der Waals surface area contributed by atoms with Crippen LogP contribution in [0.3, 0.4) is 0 Å². The first-order valence-electron chi connectivity index (χ1n) is 22.7. The van der Waals surface area contributed by atoms with Gasteiger partial charge < -0.3 is 29.5 Å². The Morgan fingerprint density at radius 1 is 0.534 bits per heavy atom. The van der Waals surface area contributed by atoms with Gasteiger partial charge >= 0.3 is 19.8 Å². The van der Waals surface area contributed by atoms with Crippen molar-refractivity contribution in [2.75, 3.05) is 13.2 Å². The predicted octanol–water partition coefficient (Wildman–Crippen LogP) is 12.0. The fourth-order valence-corrected chi connectivity index (χ4v) is 6.58. The number of rotatable bonds is 41. The van der Waals surface area contributed by atoms with Gasteiger partial charge in [0, 0.05) is 12.8 Å². The van der Waals surface area contributed by atoms with E-state index in [4.69, 9.17) is 19.3 Å². The third-order valence-electron chi connectivity index (χ3n) is 9.72. The maximum atomic E-state index is 12.5. The summed E-state index contributed by atoms with van der Waals surface area (Å²) in [5.74, 6) is -1.17. The first kappa shape index (κ1) is 55.7. The van der Waals surface area contributed by atoms with Crippen molar-refractivity contribution in [3.8, 4) is 0 Å². The van der Waals surface area contributed by atoms with Crippen molar-refractivity contribution in [1.29, 1.82) is 0 Å². The minimum absolute atomic E-state index is 0.0506. The molecule has 58 heavy (non-hydrogen) atoms. The Balaban J connectivity index is 4.08. The molecule has 0 aromatic heterocycles. The summed E-state index contributed by atoms with van der Waals surface area (Å²) >= 11 is 0. The van der Waals surface area contributed by atoms with Crippen molar-refractivity contribution in [3.63, 3.8) is 0 Å². The normalized spacial score (nSPS) is 14.1. The monoisotopic (exact) mass is 839 g/mol. The molecule has 0 bridgehead atoms. The number of hydrogen-bond donors (Lipinski definition) is 4. The first-order valence-corrected chi connectivity index (χ1v) is 24.3. The van der Waals surface area contributed by atoms with Crippen molar-refractivity contribution in [2.24, 2.45) is 0 Å². The van der Waals surface area contributed by atoms with E-state index < -0.39 is 51.3 Å². The van der Waals surface area contributed by atoms with Crippen molar-refractivity contribution < 1.29 is 48.2 Å². The SMILES string of the molecule is CC/C=C\C/C=C\C/C=C\C/C=C\C[C@H](O)[C@@H](O)CCCC(=O)OC[C@H](COP(=O)(O)O)OC(=O)CCCCCCCCCCCCC/C=C\CCCCCCCC. The Hall–Kier alpha value is -2.33. The zero-order valence-electron chi connectivity index (χ0n) is 36.4. The molecule has 0 rings (SSSR count). The zero-order valence-corrected chi connectivity index (χ0v) is 37.3. The molecule has 0 unspecified atom stereocenters. The van der Waals surface area contributed by atoms with Crippen molar-refractivity contribution in [3.05, 3.63) is 60.8 Å². The molecule has 0 aliphatic carbocycles. The second kappa shape index (κ2) is 41.4. The molecule has 0 aromatic carbocycles. The van der Waals surface area contributed by atoms with Crippen LogP contribution >= 0.6 is 7.82 Å². The van der Waals surface area contributed by atoms with Gasteiger partial charge in [-0.25, -0.2) is 4.57 Å². The summed E-state index contributed by atoms with van der Waals surface area (Å²) in [7, 11) is -4.83. The van der Waals surface area contributed by atoms with E-state index in [2.05, 4.69) is 60.9 Å². The lowest BCUT2D eigenvalue weighted by Crippen LogP contribution is -2.29. The first-order chi connectivity index (χ1) is 28.1. The van der Waals surface area contributed by atoms with E-state index in [0.29, 0.717) is 6.42 Å². The van der Waals surface area contributed by atoms with Crippen molar-refractivity contribution in [1.82, 2.24) is 0 Å². The topological polar surface area (TPSA) is 160 Å². The van der Waals surface area contributed by atoms with Gasteiger partial charge in [-0.3, -0.25) is 14.1 Å². The molecular formula is C47H83O10P. The highest BCUT2D eigenvalue weighted by molar-refractivity contribution is 7.46. The van der Waals surface area contributed by atoms with Crippen LogP contribution < -0.4 is 0 Å². The molecule has 0 aliphatic rings. The van der Waals surface area contributed by atoms with E-state index in [1.165, 1.54) is 96.3 Å². The number of allylic oxidation sites excluding steroid dienone is 9. The lowest BCUT2D eigenvalue weighted by Gasteiger charge is -2.19. The van der Waals surface area contributed by atoms with Gasteiger partial charge in [0.05, 0.1) is 18.8 Å². The number of unbranched alkanes of at least 4 members (excludes halogenated alkanes) is 17. The van der Waals surface area contributed by atoms with Crippen LogP contribution in [0.1, 0.15) is 194 Å². The molecule has 0 amide bonds. The number of aliphatic hydroxyl groups is 2. The summed E-state index contributed by atoms with van der Waals surface area (Å²) in [5, 5.41) is 20.6. The fourth-order valence-electron chi connectivity index (χ4n) is 6.22. The fraction of sp³-hybridized carbons (Fsp3) is 0.745. The number of phosphoric acid groups is 1. The molecular weight excluding hydrogens is 755 g/mol. The van der Waals surface area contributed by atoms with Gasteiger partial charge in [-0.15, -0.1) is 0 Å². The summed E-state index contributed by atoms with van der Waals surface area (Å²) < 4.78 is 26.3. The number of carbonyl (C=O) groups is 2. The van der Waals surface area contributed by atoms with Gasteiger partial charge in [-0.1, -0.05) is 164 Å². The third-order valence-corrected chi connectivity index (χ3v) is 10.2. The number of hydrogen-bond acceptors (Lipinski definition) is 8. The van der Waals surface area contributed by atoms with E-state index in [1.807, 2.05) is 18.2 Å². The number of carbonyl (C=O) groups excluding carboxylic acids is 2. The Morgan fingerprint density at radius 2 is 1.00 bits per heavy atom. The van der Waals surface area contributed by atoms with Gasteiger partial charge in [0.2, 0.25) is 0 Å². The smallest absolute Gasteiger partial charge is 0.462 e. The number of aliphatic hydroxyl groups excluding tert-OH is 2. The van der Waals surface area contributed by atoms with Crippen LogP contribution in [-0.2, 0) is 28.2 Å². The van der Waals surface area contributed by atoms with E-state index in [1.54, 1.807) is 0 Å². The van der Waals surface area contributed by atoms with E-state index in [9.17, 15) is 24.4 Å². The number of phosphoric ester groups is 1. The van der Waals surface area contributed by atoms with Crippen LogP contribution in [0.4, 0.5) is 0 Å². The average molecular weight is 839 g/mol. The van der Waals surface area contributed by atoms with Gasteiger partial charge in [0.1, 0.15) is 6.61 Å². The van der Waals surface area contributed by atoms with Crippen LogP contribution in [0.25, 0.3) is 0 Å². The lowest BCUT2D eigenvalue weighted by atomic mass is 10.0. The summed E-state index contributed by atoms with van der Waals surface area (Å²) in [5.41, 5.74) is 0. The molecule has 0 saturated carbocycles. The Morgan fingerprint density at radius 3 is 1.52 bits per heavy atom. The molecule has 0 aromatic rings. The molecule has 0 radical (unpaired) electrons. The second-order valence-corrected chi connectivity index (χ2v) is 16.5. The van der Waals surface area contributed by atoms with Crippen LogP contribution in [-0.4, -0.2) is 63.5 Å². The molecule has 336 valence electrons. The molecule has 10 nitrogen and oxygen atoms in total. The van der Waals surface area contributed by atoms with E-state index in [-0.39, 0.29) is 32.1 Å². The van der Waals surface area contributed by atoms with Crippen LogP contribution in [0.15, 0.2) is 60.8 Å². The van der Waals surface area contributed by atoms with Crippen LogP contribution in [0, 0.1) is 0 Å². The van der Waals surface area contributed by atoms with Crippen molar-refractivity contribution >= 4 is 19.8 Å². The zero-order chi connectivity index (χ0) is 42.8. The minimum Gasteiger partial charge on any atom is -0.462 e. The van der Waals surface area contributed by atoms with E-state index >= 15 is 0 Å². The second-order valence-electron chi connectivity index (χ2n) is 15.3. The Labute approximate surface area is 352 Å². The maximum absolute atomic E-state index is 12.5. The highest BCUT2D eigenvalue weighted by Crippen LogP contribution is 2.36. The molecule has 0 saturated heterocycles. The van der Waals surface area contributed by atoms with Crippen LogP contribution in [0.2, 0.25) is 0 Å². The molecule has 0 fully saturated rings. The number of esters is 2. The number of ether oxygens (including phenoxy) is 2. The molecule has 11 heteroatoms. The molecule has 4 N–H and O–H groups in total. The predicted molar refractivity (Wildman–Crippen MR) is 237 cm³/mol. The summed E-state index contributed by atoms with van der Waals surface area (Å²) in [6, 6.07) is 0. The lowest BCUT2D eigenvalue weighted by molar-refractivity contribution is -0.161. The largest absolute Gasteiger partial charge is 0.469 e.